The van der Waals surface area contributed by atoms with Crippen LogP contribution in [-0.4, -0.2) is 27.3 Å². The predicted octanol–water partition coefficient (Wildman–Crippen LogP) is 4.15. The molecule has 0 aliphatic carbocycles. The summed E-state index contributed by atoms with van der Waals surface area (Å²) in [5, 5.41) is 26.8. The number of para-hydroxylation sites is 1. The monoisotopic (exact) mass is 373 g/mol. The van der Waals surface area contributed by atoms with Crippen LogP contribution in [0.3, 0.4) is 0 Å². The van der Waals surface area contributed by atoms with E-state index in [2.05, 4.69) is 36.0 Å². The van der Waals surface area contributed by atoms with Gasteiger partial charge >= 0.3 is 5.97 Å². The summed E-state index contributed by atoms with van der Waals surface area (Å²) in [7, 11) is 0. The largest absolute Gasteiger partial charge is 0.478 e. The van der Waals surface area contributed by atoms with Crippen LogP contribution in [0.2, 0.25) is 0 Å². The van der Waals surface area contributed by atoms with Gasteiger partial charge in [-0.15, -0.1) is 5.10 Å². The SMILES string of the molecule is O=C(O)c1ccc(Nc2ncc(C3C=NN=N3)c(Nc3ccccc3)n2)cc1. The van der Waals surface area contributed by atoms with Crippen molar-refractivity contribution in [2.24, 2.45) is 15.4 Å². The van der Waals surface area contributed by atoms with Crippen molar-refractivity contribution in [2.45, 2.75) is 6.04 Å². The molecule has 9 heteroatoms. The molecule has 1 aliphatic rings. The van der Waals surface area contributed by atoms with E-state index >= 15 is 0 Å². The molecule has 1 aliphatic heterocycles. The summed E-state index contributed by atoms with van der Waals surface area (Å²) in [4.78, 5) is 19.9. The number of benzene rings is 2. The number of nitrogens with one attached hydrogen (secondary N) is 2. The molecular formula is C19H15N7O2. The zero-order chi connectivity index (χ0) is 19.3. The van der Waals surface area contributed by atoms with Crippen molar-refractivity contribution in [1.82, 2.24) is 9.97 Å². The van der Waals surface area contributed by atoms with E-state index in [1.54, 1.807) is 24.5 Å². The summed E-state index contributed by atoms with van der Waals surface area (Å²) in [6.07, 6.45) is 3.28. The van der Waals surface area contributed by atoms with E-state index in [1.165, 1.54) is 12.1 Å². The molecule has 0 bridgehead atoms. The highest BCUT2D eigenvalue weighted by Gasteiger charge is 2.19. The Hall–Kier alpha value is -4.14. The number of nitrogens with zero attached hydrogens (tertiary/aromatic N) is 5. The number of carboxylic acids is 1. The first-order valence-electron chi connectivity index (χ1n) is 8.42. The van der Waals surface area contributed by atoms with Gasteiger partial charge in [0.15, 0.2) is 0 Å². The Balaban J connectivity index is 1.63. The zero-order valence-corrected chi connectivity index (χ0v) is 14.5. The molecule has 1 unspecified atom stereocenters. The molecule has 4 rings (SSSR count). The van der Waals surface area contributed by atoms with Gasteiger partial charge in [0, 0.05) is 23.1 Å². The van der Waals surface area contributed by atoms with Crippen LogP contribution in [0.4, 0.5) is 23.1 Å². The number of carbonyl (C=O) groups is 1. The topological polar surface area (TPSA) is 124 Å². The van der Waals surface area contributed by atoms with Gasteiger partial charge in [0.25, 0.3) is 0 Å². The highest BCUT2D eigenvalue weighted by atomic mass is 16.4. The first-order chi connectivity index (χ1) is 13.7. The minimum Gasteiger partial charge on any atom is -0.478 e. The fourth-order valence-electron chi connectivity index (χ4n) is 2.60. The molecule has 9 nitrogen and oxygen atoms in total. The number of anilines is 4. The van der Waals surface area contributed by atoms with Crippen LogP contribution in [0.15, 0.2) is 76.2 Å². The van der Waals surface area contributed by atoms with E-state index in [0.717, 1.165) is 11.3 Å². The summed E-state index contributed by atoms with van der Waals surface area (Å²) in [5.74, 6) is -0.0471. The van der Waals surface area contributed by atoms with Gasteiger partial charge < -0.3 is 15.7 Å². The lowest BCUT2D eigenvalue weighted by Crippen LogP contribution is -2.07. The van der Waals surface area contributed by atoms with Crippen molar-refractivity contribution in [2.75, 3.05) is 10.6 Å². The molecule has 1 aromatic heterocycles. The molecule has 0 radical (unpaired) electrons. The molecule has 2 aromatic carbocycles. The zero-order valence-electron chi connectivity index (χ0n) is 14.5. The van der Waals surface area contributed by atoms with Gasteiger partial charge in [0.05, 0.1) is 11.8 Å². The predicted molar refractivity (Wildman–Crippen MR) is 105 cm³/mol. The normalized spacial score (nSPS) is 14.8. The van der Waals surface area contributed by atoms with E-state index in [-0.39, 0.29) is 11.6 Å². The van der Waals surface area contributed by atoms with Crippen molar-refractivity contribution in [3.63, 3.8) is 0 Å². The highest BCUT2D eigenvalue weighted by molar-refractivity contribution is 5.88. The van der Waals surface area contributed by atoms with E-state index in [1.807, 2.05) is 30.3 Å². The molecule has 3 aromatic rings. The highest BCUT2D eigenvalue weighted by Crippen LogP contribution is 2.29. The molecule has 0 saturated carbocycles. The van der Waals surface area contributed by atoms with Crippen molar-refractivity contribution in [1.29, 1.82) is 0 Å². The Morgan fingerprint density at radius 2 is 1.71 bits per heavy atom. The Morgan fingerprint density at radius 3 is 2.39 bits per heavy atom. The maximum atomic E-state index is 11.0. The van der Waals surface area contributed by atoms with Gasteiger partial charge in [-0.1, -0.05) is 18.2 Å². The Morgan fingerprint density at radius 1 is 0.964 bits per heavy atom. The quantitative estimate of drug-likeness (QED) is 0.596. The summed E-state index contributed by atoms with van der Waals surface area (Å²) < 4.78 is 0. The minimum absolute atomic E-state index is 0.208. The molecule has 138 valence electrons. The summed E-state index contributed by atoms with van der Waals surface area (Å²) in [6, 6.07) is 15.6. The van der Waals surface area contributed by atoms with Crippen molar-refractivity contribution in [3.05, 3.63) is 71.9 Å². The van der Waals surface area contributed by atoms with Crippen LogP contribution < -0.4 is 10.6 Å². The van der Waals surface area contributed by atoms with E-state index in [9.17, 15) is 4.79 Å². The van der Waals surface area contributed by atoms with Crippen LogP contribution in [0.5, 0.6) is 0 Å². The van der Waals surface area contributed by atoms with Crippen LogP contribution in [0, 0.1) is 0 Å². The number of aromatic carboxylic acids is 1. The summed E-state index contributed by atoms with van der Waals surface area (Å²) in [5.41, 5.74) is 2.48. The van der Waals surface area contributed by atoms with E-state index in [4.69, 9.17) is 5.11 Å². The molecule has 0 saturated heterocycles. The van der Waals surface area contributed by atoms with E-state index < -0.39 is 5.97 Å². The summed E-state index contributed by atoms with van der Waals surface area (Å²) in [6.45, 7) is 0. The Labute approximate surface area is 159 Å². The number of rotatable bonds is 6. The van der Waals surface area contributed by atoms with Crippen molar-refractivity contribution in [3.8, 4) is 0 Å². The van der Waals surface area contributed by atoms with Crippen LogP contribution in [0.25, 0.3) is 0 Å². The third-order valence-corrected chi connectivity index (χ3v) is 4.00. The lowest BCUT2D eigenvalue weighted by Gasteiger charge is -2.14. The van der Waals surface area contributed by atoms with Gasteiger partial charge in [-0.05, 0) is 41.6 Å². The lowest BCUT2D eigenvalue weighted by molar-refractivity contribution is 0.0697. The Kier molecular flexibility index (Phi) is 4.70. The molecule has 3 N–H and O–H groups in total. The first-order valence-corrected chi connectivity index (χ1v) is 8.42. The molecule has 0 amide bonds. The fraction of sp³-hybridized carbons (Fsp3) is 0.0526. The van der Waals surface area contributed by atoms with Gasteiger partial charge in [-0.3, -0.25) is 0 Å². The third-order valence-electron chi connectivity index (χ3n) is 4.00. The van der Waals surface area contributed by atoms with E-state index in [0.29, 0.717) is 17.5 Å². The average Bonchev–Trinajstić information content (AvgIpc) is 3.24. The second kappa shape index (κ2) is 7.62. The van der Waals surface area contributed by atoms with Gasteiger partial charge in [0.1, 0.15) is 11.9 Å². The fourth-order valence-corrected chi connectivity index (χ4v) is 2.60. The number of carboxylic acid groups (broad SMARTS) is 1. The maximum absolute atomic E-state index is 11.0. The molecule has 0 fully saturated rings. The molecular weight excluding hydrogens is 358 g/mol. The standard InChI is InChI=1S/C19H15N7O2/c27-18(28)12-6-8-14(9-7-12)23-19-20-10-15(16-11-21-26-25-16)17(24-19)22-13-4-2-1-3-5-13/h1-11,16H,(H,27,28)(H2,20,22,23,24). The number of hydrogen-bond donors (Lipinski definition) is 3. The smallest absolute Gasteiger partial charge is 0.335 e. The molecule has 1 atom stereocenters. The number of hydrogen-bond acceptors (Lipinski definition) is 8. The summed E-state index contributed by atoms with van der Waals surface area (Å²) >= 11 is 0. The van der Waals surface area contributed by atoms with Crippen LogP contribution in [0.1, 0.15) is 22.0 Å². The lowest BCUT2D eigenvalue weighted by atomic mass is 10.1. The van der Waals surface area contributed by atoms with Crippen LogP contribution in [-0.2, 0) is 0 Å². The minimum atomic E-state index is -0.978. The van der Waals surface area contributed by atoms with Crippen molar-refractivity contribution >= 4 is 35.3 Å². The van der Waals surface area contributed by atoms with Gasteiger partial charge in [-0.2, -0.15) is 10.1 Å². The van der Waals surface area contributed by atoms with Crippen molar-refractivity contribution < 1.29 is 9.90 Å². The van der Waals surface area contributed by atoms with Gasteiger partial charge in [-0.25, -0.2) is 9.78 Å². The number of aromatic nitrogens is 2. The first kappa shape index (κ1) is 17.3. The van der Waals surface area contributed by atoms with Gasteiger partial charge in [0.2, 0.25) is 5.95 Å². The molecule has 28 heavy (non-hydrogen) atoms. The Bertz CT molecular complexity index is 1040. The average molecular weight is 373 g/mol. The second-order valence-corrected chi connectivity index (χ2v) is 5.91. The second-order valence-electron chi connectivity index (χ2n) is 5.91. The molecule has 0 spiro atoms. The molecule has 2 heterocycles. The van der Waals surface area contributed by atoms with Crippen LogP contribution >= 0.6 is 0 Å². The third kappa shape index (κ3) is 3.83. The maximum Gasteiger partial charge on any atom is 0.335 e.